The zero-order chi connectivity index (χ0) is 18.5. The SMILES string of the molecule is O=C(NCc1cc(-c2ccco2)on1)c1ccccc1Oc1ccccc1. The summed E-state index contributed by atoms with van der Waals surface area (Å²) in [6.07, 6.45) is 1.56. The van der Waals surface area contributed by atoms with Crippen LogP contribution < -0.4 is 10.1 Å². The highest BCUT2D eigenvalue weighted by Crippen LogP contribution is 2.25. The van der Waals surface area contributed by atoms with Crippen LogP contribution in [0.15, 0.2) is 88.0 Å². The largest absolute Gasteiger partial charge is 0.461 e. The van der Waals surface area contributed by atoms with Gasteiger partial charge in [0.15, 0.2) is 5.76 Å². The van der Waals surface area contributed by atoms with E-state index in [0.717, 1.165) is 0 Å². The van der Waals surface area contributed by atoms with Crippen LogP contribution in [-0.2, 0) is 6.54 Å². The van der Waals surface area contributed by atoms with Crippen molar-refractivity contribution < 1.29 is 18.5 Å². The zero-order valence-electron chi connectivity index (χ0n) is 14.3. The number of aromatic nitrogens is 1. The predicted octanol–water partition coefficient (Wildman–Crippen LogP) is 4.66. The van der Waals surface area contributed by atoms with Gasteiger partial charge in [-0.25, -0.2) is 0 Å². The lowest BCUT2D eigenvalue weighted by Gasteiger charge is -2.10. The molecule has 0 spiro atoms. The van der Waals surface area contributed by atoms with Gasteiger partial charge in [-0.1, -0.05) is 35.5 Å². The fourth-order valence-electron chi connectivity index (χ4n) is 2.55. The Morgan fingerprint density at radius 3 is 2.59 bits per heavy atom. The molecule has 0 fully saturated rings. The molecule has 0 saturated heterocycles. The smallest absolute Gasteiger partial charge is 0.255 e. The molecule has 0 aliphatic rings. The van der Waals surface area contributed by atoms with E-state index in [9.17, 15) is 4.79 Å². The molecular weight excluding hydrogens is 344 g/mol. The van der Waals surface area contributed by atoms with Gasteiger partial charge in [-0.2, -0.15) is 0 Å². The Kier molecular flexibility index (Phi) is 4.70. The molecule has 4 rings (SSSR count). The fraction of sp³-hybridized carbons (Fsp3) is 0.0476. The molecule has 2 aromatic carbocycles. The number of hydrogen-bond donors (Lipinski definition) is 1. The minimum atomic E-state index is -0.260. The van der Waals surface area contributed by atoms with Crippen LogP contribution in [0.4, 0.5) is 0 Å². The van der Waals surface area contributed by atoms with E-state index in [1.807, 2.05) is 36.4 Å². The Bertz CT molecular complexity index is 1020. The summed E-state index contributed by atoms with van der Waals surface area (Å²) in [4.78, 5) is 12.6. The third-order valence-corrected chi connectivity index (χ3v) is 3.86. The fourth-order valence-corrected chi connectivity index (χ4v) is 2.55. The average Bonchev–Trinajstić information content (AvgIpc) is 3.39. The first-order chi connectivity index (χ1) is 13.3. The molecule has 0 radical (unpaired) electrons. The molecule has 2 heterocycles. The van der Waals surface area contributed by atoms with Gasteiger partial charge in [-0.05, 0) is 36.4 Å². The van der Waals surface area contributed by atoms with E-state index in [-0.39, 0.29) is 12.5 Å². The summed E-state index contributed by atoms with van der Waals surface area (Å²) in [5, 5.41) is 6.77. The molecule has 4 aromatic rings. The molecule has 6 nitrogen and oxygen atoms in total. The van der Waals surface area contributed by atoms with Gasteiger partial charge in [-0.15, -0.1) is 0 Å². The lowest BCUT2D eigenvalue weighted by Crippen LogP contribution is -2.23. The first-order valence-electron chi connectivity index (χ1n) is 8.39. The highest BCUT2D eigenvalue weighted by Gasteiger charge is 2.14. The number of amides is 1. The number of furan rings is 1. The van der Waals surface area contributed by atoms with Gasteiger partial charge in [0.1, 0.15) is 17.2 Å². The van der Waals surface area contributed by atoms with Crippen LogP contribution in [0.5, 0.6) is 11.5 Å². The topological polar surface area (TPSA) is 77.5 Å². The normalized spacial score (nSPS) is 10.5. The maximum absolute atomic E-state index is 12.6. The first-order valence-corrected chi connectivity index (χ1v) is 8.39. The van der Waals surface area contributed by atoms with Gasteiger partial charge in [-0.3, -0.25) is 4.79 Å². The third kappa shape index (κ3) is 3.90. The number of benzene rings is 2. The van der Waals surface area contributed by atoms with E-state index in [4.69, 9.17) is 13.7 Å². The number of carbonyl (C=O) groups is 1. The van der Waals surface area contributed by atoms with Crippen LogP contribution in [0.25, 0.3) is 11.5 Å². The van der Waals surface area contributed by atoms with Crippen molar-refractivity contribution >= 4 is 5.91 Å². The van der Waals surface area contributed by atoms with Crippen molar-refractivity contribution in [2.75, 3.05) is 0 Å². The maximum atomic E-state index is 12.6. The van der Waals surface area contributed by atoms with Crippen molar-refractivity contribution in [2.24, 2.45) is 0 Å². The Morgan fingerprint density at radius 1 is 0.963 bits per heavy atom. The van der Waals surface area contributed by atoms with E-state index >= 15 is 0 Å². The third-order valence-electron chi connectivity index (χ3n) is 3.86. The van der Waals surface area contributed by atoms with Gasteiger partial charge < -0.3 is 19.0 Å². The molecule has 0 saturated carbocycles. The summed E-state index contributed by atoms with van der Waals surface area (Å²) in [5.74, 6) is 1.98. The van der Waals surface area contributed by atoms with Crippen LogP contribution in [0.3, 0.4) is 0 Å². The zero-order valence-corrected chi connectivity index (χ0v) is 14.3. The number of nitrogens with one attached hydrogen (secondary N) is 1. The highest BCUT2D eigenvalue weighted by atomic mass is 16.5. The van der Waals surface area contributed by atoms with Crippen molar-refractivity contribution in [3.8, 4) is 23.0 Å². The van der Waals surface area contributed by atoms with Crippen LogP contribution in [0, 0.1) is 0 Å². The van der Waals surface area contributed by atoms with Crippen LogP contribution >= 0.6 is 0 Å². The van der Waals surface area contributed by atoms with Crippen molar-refractivity contribution in [2.45, 2.75) is 6.54 Å². The highest BCUT2D eigenvalue weighted by molar-refractivity contribution is 5.96. The Balaban J connectivity index is 1.44. The number of ether oxygens (including phenoxy) is 1. The molecular formula is C21H16N2O4. The van der Waals surface area contributed by atoms with Gasteiger partial charge >= 0.3 is 0 Å². The molecule has 0 bridgehead atoms. The minimum absolute atomic E-state index is 0.225. The Hall–Kier alpha value is -3.80. The monoisotopic (exact) mass is 360 g/mol. The molecule has 134 valence electrons. The summed E-state index contributed by atoms with van der Waals surface area (Å²) in [6, 6.07) is 21.7. The second-order valence-corrected chi connectivity index (χ2v) is 5.75. The molecule has 0 atom stereocenters. The van der Waals surface area contributed by atoms with Gasteiger partial charge in [0.25, 0.3) is 5.91 Å². The van der Waals surface area contributed by atoms with Gasteiger partial charge in [0.2, 0.25) is 5.76 Å². The van der Waals surface area contributed by atoms with Crippen molar-refractivity contribution in [1.82, 2.24) is 10.5 Å². The quantitative estimate of drug-likeness (QED) is 0.541. The summed E-state index contributed by atoms with van der Waals surface area (Å²) < 4.78 is 16.3. The Labute approximate surface area is 155 Å². The second-order valence-electron chi connectivity index (χ2n) is 5.75. The standard InChI is InChI=1S/C21H16N2O4/c24-21(22-14-15-13-20(27-23-15)19-11-6-12-25-19)17-9-4-5-10-18(17)26-16-7-2-1-3-8-16/h1-13H,14H2,(H,22,24). The molecule has 0 aliphatic heterocycles. The molecule has 2 aromatic heterocycles. The molecule has 0 aliphatic carbocycles. The summed E-state index contributed by atoms with van der Waals surface area (Å²) in [6.45, 7) is 0.225. The lowest BCUT2D eigenvalue weighted by molar-refractivity contribution is 0.0948. The van der Waals surface area contributed by atoms with Crippen LogP contribution in [0.2, 0.25) is 0 Å². The van der Waals surface area contributed by atoms with E-state index in [1.54, 1.807) is 42.7 Å². The van der Waals surface area contributed by atoms with Crippen LogP contribution in [0.1, 0.15) is 16.1 Å². The van der Waals surface area contributed by atoms with Crippen molar-refractivity contribution in [1.29, 1.82) is 0 Å². The maximum Gasteiger partial charge on any atom is 0.255 e. The van der Waals surface area contributed by atoms with Crippen molar-refractivity contribution in [3.05, 3.63) is 90.3 Å². The Morgan fingerprint density at radius 2 is 1.78 bits per heavy atom. The summed E-state index contributed by atoms with van der Waals surface area (Å²) in [5.41, 5.74) is 1.03. The molecule has 0 unspecified atom stereocenters. The van der Waals surface area contributed by atoms with Crippen molar-refractivity contribution in [3.63, 3.8) is 0 Å². The molecule has 1 amide bonds. The van der Waals surface area contributed by atoms with Gasteiger partial charge in [0, 0.05) is 6.07 Å². The second kappa shape index (κ2) is 7.61. The number of rotatable bonds is 6. The van der Waals surface area contributed by atoms with E-state index < -0.39 is 0 Å². The average molecular weight is 360 g/mol. The van der Waals surface area contributed by atoms with Crippen LogP contribution in [-0.4, -0.2) is 11.1 Å². The van der Waals surface area contributed by atoms with E-state index in [1.165, 1.54) is 0 Å². The lowest BCUT2D eigenvalue weighted by atomic mass is 10.2. The van der Waals surface area contributed by atoms with E-state index in [0.29, 0.717) is 34.3 Å². The number of hydrogen-bond acceptors (Lipinski definition) is 5. The number of carbonyl (C=O) groups excluding carboxylic acids is 1. The number of para-hydroxylation sites is 2. The van der Waals surface area contributed by atoms with E-state index in [2.05, 4.69) is 10.5 Å². The number of nitrogens with zero attached hydrogens (tertiary/aromatic N) is 1. The minimum Gasteiger partial charge on any atom is -0.461 e. The van der Waals surface area contributed by atoms with Gasteiger partial charge in [0.05, 0.1) is 18.4 Å². The molecule has 27 heavy (non-hydrogen) atoms. The predicted molar refractivity (Wildman–Crippen MR) is 98.3 cm³/mol. The summed E-state index contributed by atoms with van der Waals surface area (Å²) in [7, 11) is 0. The molecule has 1 N–H and O–H groups in total. The summed E-state index contributed by atoms with van der Waals surface area (Å²) >= 11 is 0. The first kappa shape index (κ1) is 16.7. The molecule has 6 heteroatoms.